The lowest BCUT2D eigenvalue weighted by Crippen LogP contribution is -2.49. The van der Waals surface area contributed by atoms with Gasteiger partial charge in [0, 0.05) is 42.2 Å². The normalized spacial score (nSPS) is 15.7. The van der Waals surface area contributed by atoms with Crippen molar-refractivity contribution in [3.8, 4) is 0 Å². The van der Waals surface area contributed by atoms with Crippen LogP contribution in [-0.2, 0) is 4.79 Å². The number of amides is 2. The Morgan fingerprint density at radius 3 is 2.83 bits per heavy atom. The summed E-state index contributed by atoms with van der Waals surface area (Å²) >= 11 is 6.71. The van der Waals surface area contributed by atoms with Gasteiger partial charge in [0.15, 0.2) is 5.13 Å². The van der Waals surface area contributed by atoms with Crippen molar-refractivity contribution in [3.05, 3.63) is 45.9 Å². The zero-order valence-electron chi connectivity index (χ0n) is 16.3. The number of hydrogen-bond acceptors (Lipinski definition) is 6. The summed E-state index contributed by atoms with van der Waals surface area (Å²) in [7, 11) is 0. The highest BCUT2D eigenvalue weighted by molar-refractivity contribution is 9.10. The quantitative estimate of drug-likeness (QED) is 0.635. The third-order valence-corrected chi connectivity index (χ3v) is 7.00. The van der Waals surface area contributed by atoms with E-state index in [1.165, 1.54) is 0 Å². The molecule has 0 saturated carbocycles. The van der Waals surface area contributed by atoms with Crippen molar-refractivity contribution in [2.45, 2.75) is 18.9 Å². The molecular formula is C20H25BrN4O2S2. The molecule has 1 aromatic heterocycles. The molecule has 1 aliphatic rings. The van der Waals surface area contributed by atoms with Crippen LogP contribution in [0.25, 0.3) is 0 Å². The van der Waals surface area contributed by atoms with E-state index in [1.54, 1.807) is 29.2 Å². The fourth-order valence-electron chi connectivity index (χ4n) is 3.30. The first-order valence-corrected chi connectivity index (χ1v) is 12.6. The summed E-state index contributed by atoms with van der Waals surface area (Å²) in [5.74, 6) is 0.586. The summed E-state index contributed by atoms with van der Waals surface area (Å²) in [6.07, 6.45) is 5.32. The predicted octanol–water partition coefficient (Wildman–Crippen LogP) is 3.50. The standard InChI is InChI=1S/C20H25BrN4O2S2/c1-28-13-7-17(23-18(26)15-5-2-3-6-16(15)21)19(27)24-9-4-10-25(12-11-24)20-22-8-14-29-20/h2-3,5-6,8,14,17H,4,7,9-13H2,1H3,(H,23,26). The molecule has 1 unspecified atom stereocenters. The van der Waals surface area contributed by atoms with E-state index < -0.39 is 6.04 Å². The molecule has 1 fully saturated rings. The van der Waals surface area contributed by atoms with Gasteiger partial charge in [0.1, 0.15) is 6.04 Å². The molecule has 2 amide bonds. The summed E-state index contributed by atoms with van der Waals surface area (Å²) in [5, 5.41) is 5.94. The summed E-state index contributed by atoms with van der Waals surface area (Å²) in [5.41, 5.74) is 0.542. The Labute approximate surface area is 188 Å². The minimum absolute atomic E-state index is 0.000410. The molecule has 0 spiro atoms. The van der Waals surface area contributed by atoms with Crippen LogP contribution in [0.3, 0.4) is 0 Å². The van der Waals surface area contributed by atoms with Crippen molar-refractivity contribution in [3.63, 3.8) is 0 Å². The smallest absolute Gasteiger partial charge is 0.253 e. The molecule has 156 valence electrons. The average Bonchev–Trinajstić information content (AvgIpc) is 3.15. The summed E-state index contributed by atoms with van der Waals surface area (Å²) in [4.78, 5) is 34.5. The number of anilines is 1. The maximum atomic E-state index is 13.3. The first-order chi connectivity index (χ1) is 14.1. The first kappa shape index (κ1) is 22.1. The van der Waals surface area contributed by atoms with E-state index in [0.717, 1.165) is 34.9 Å². The molecule has 9 heteroatoms. The molecule has 2 aromatic rings. The van der Waals surface area contributed by atoms with Gasteiger partial charge >= 0.3 is 0 Å². The zero-order valence-corrected chi connectivity index (χ0v) is 19.6. The largest absolute Gasteiger partial charge is 0.346 e. The number of rotatable bonds is 7. The molecular weight excluding hydrogens is 472 g/mol. The molecule has 1 saturated heterocycles. The van der Waals surface area contributed by atoms with Crippen molar-refractivity contribution in [2.24, 2.45) is 0 Å². The molecule has 1 aromatic carbocycles. The van der Waals surface area contributed by atoms with Gasteiger partial charge in [-0.1, -0.05) is 12.1 Å². The minimum atomic E-state index is -0.520. The van der Waals surface area contributed by atoms with Gasteiger partial charge in [0.2, 0.25) is 5.91 Å². The Hall–Kier alpha value is -1.58. The molecule has 1 atom stereocenters. The monoisotopic (exact) mass is 496 g/mol. The number of thioether (sulfide) groups is 1. The number of carbonyl (C=O) groups excluding carboxylic acids is 2. The van der Waals surface area contributed by atoms with Crippen LogP contribution >= 0.6 is 39.0 Å². The number of nitrogens with one attached hydrogen (secondary N) is 1. The maximum Gasteiger partial charge on any atom is 0.253 e. The third kappa shape index (κ3) is 5.96. The molecule has 1 N–H and O–H groups in total. The second-order valence-corrected chi connectivity index (χ2v) is 9.48. The molecule has 3 rings (SSSR count). The van der Waals surface area contributed by atoms with Gasteiger partial charge in [-0.3, -0.25) is 9.59 Å². The first-order valence-electron chi connectivity index (χ1n) is 9.57. The second-order valence-electron chi connectivity index (χ2n) is 6.77. The van der Waals surface area contributed by atoms with Gasteiger partial charge in [0.25, 0.3) is 5.91 Å². The van der Waals surface area contributed by atoms with E-state index in [9.17, 15) is 9.59 Å². The average molecular weight is 497 g/mol. The van der Waals surface area contributed by atoms with Crippen LogP contribution in [0.4, 0.5) is 5.13 Å². The van der Waals surface area contributed by atoms with E-state index in [1.807, 2.05) is 40.9 Å². The third-order valence-electron chi connectivity index (χ3n) is 4.83. The number of nitrogens with zero attached hydrogens (tertiary/aromatic N) is 3. The Morgan fingerprint density at radius 1 is 1.28 bits per heavy atom. The van der Waals surface area contributed by atoms with Crippen LogP contribution in [0, 0.1) is 0 Å². The van der Waals surface area contributed by atoms with Gasteiger partial charge < -0.3 is 15.1 Å². The van der Waals surface area contributed by atoms with Gasteiger partial charge in [-0.25, -0.2) is 4.98 Å². The van der Waals surface area contributed by atoms with Crippen LogP contribution in [0.15, 0.2) is 40.3 Å². The van der Waals surface area contributed by atoms with E-state index in [0.29, 0.717) is 25.1 Å². The number of halogens is 1. The van der Waals surface area contributed by atoms with Gasteiger partial charge in [-0.2, -0.15) is 11.8 Å². The van der Waals surface area contributed by atoms with E-state index in [-0.39, 0.29) is 11.8 Å². The topological polar surface area (TPSA) is 65.5 Å². The Bertz CT molecular complexity index is 819. The van der Waals surface area contributed by atoms with Crippen molar-refractivity contribution in [1.29, 1.82) is 0 Å². The Kier molecular flexibility index (Phi) is 8.38. The van der Waals surface area contributed by atoms with Crippen LogP contribution in [0.2, 0.25) is 0 Å². The van der Waals surface area contributed by atoms with E-state index in [4.69, 9.17) is 0 Å². The summed E-state index contributed by atoms with van der Waals surface area (Å²) in [6.45, 7) is 2.98. The molecule has 6 nitrogen and oxygen atoms in total. The SMILES string of the molecule is CSCCC(NC(=O)c1ccccc1Br)C(=O)N1CCCN(c2nccs2)CC1. The van der Waals surface area contributed by atoms with Gasteiger partial charge in [-0.05, 0) is 52.9 Å². The zero-order chi connectivity index (χ0) is 20.6. The Balaban J connectivity index is 1.66. The minimum Gasteiger partial charge on any atom is -0.346 e. The highest BCUT2D eigenvalue weighted by Gasteiger charge is 2.28. The van der Waals surface area contributed by atoms with Crippen LogP contribution in [0.5, 0.6) is 0 Å². The van der Waals surface area contributed by atoms with Crippen molar-refractivity contribution >= 4 is 56.0 Å². The maximum absolute atomic E-state index is 13.3. The lowest BCUT2D eigenvalue weighted by atomic mass is 10.1. The number of thiazole rings is 1. The second kappa shape index (κ2) is 11.0. The van der Waals surface area contributed by atoms with E-state index >= 15 is 0 Å². The molecule has 0 aliphatic carbocycles. The summed E-state index contributed by atoms with van der Waals surface area (Å²) in [6, 6.07) is 6.75. The predicted molar refractivity (Wildman–Crippen MR) is 124 cm³/mol. The van der Waals surface area contributed by atoms with Crippen LogP contribution in [0.1, 0.15) is 23.2 Å². The number of carbonyl (C=O) groups is 2. The van der Waals surface area contributed by atoms with E-state index in [2.05, 4.69) is 31.1 Å². The number of hydrogen-bond donors (Lipinski definition) is 1. The molecule has 1 aliphatic heterocycles. The fourth-order valence-corrected chi connectivity index (χ4v) is 4.93. The highest BCUT2D eigenvalue weighted by Crippen LogP contribution is 2.20. The van der Waals surface area contributed by atoms with Gasteiger partial charge in [-0.15, -0.1) is 11.3 Å². The highest BCUT2D eigenvalue weighted by atomic mass is 79.9. The van der Waals surface area contributed by atoms with Crippen molar-refractivity contribution < 1.29 is 9.59 Å². The van der Waals surface area contributed by atoms with Crippen molar-refractivity contribution in [2.75, 3.05) is 43.1 Å². The number of aromatic nitrogens is 1. The molecule has 0 bridgehead atoms. The van der Waals surface area contributed by atoms with Crippen LogP contribution < -0.4 is 10.2 Å². The lowest BCUT2D eigenvalue weighted by molar-refractivity contribution is -0.133. The summed E-state index contributed by atoms with van der Waals surface area (Å²) < 4.78 is 0.724. The van der Waals surface area contributed by atoms with Gasteiger partial charge in [0.05, 0.1) is 5.56 Å². The molecule has 29 heavy (non-hydrogen) atoms. The Morgan fingerprint density at radius 2 is 2.10 bits per heavy atom. The lowest BCUT2D eigenvalue weighted by Gasteiger charge is -2.27. The van der Waals surface area contributed by atoms with Crippen LogP contribution in [-0.4, -0.2) is 65.9 Å². The number of benzene rings is 1. The van der Waals surface area contributed by atoms with Crippen molar-refractivity contribution in [1.82, 2.24) is 15.2 Å². The molecule has 0 radical (unpaired) electrons. The fraction of sp³-hybridized carbons (Fsp3) is 0.450. The molecule has 2 heterocycles.